The highest BCUT2D eigenvalue weighted by molar-refractivity contribution is 5.60. The molecule has 1 saturated carbocycles. The monoisotopic (exact) mass is 302 g/mol. The summed E-state index contributed by atoms with van der Waals surface area (Å²) in [5.41, 5.74) is 0.901. The summed E-state index contributed by atoms with van der Waals surface area (Å²) < 4.78 is 9.82. The molecule has 22 heavy (non-hydrogen) atoms. The summed E-state index contributed by atoms with van der Waals surface area (Å²) in [6, 6.07) is 9.39. The van der Waals surface area contributed by atoms with E-state index in [0.29, 0.717) is 0 Å². The van der Waals surface area contributed by atoms with Crippen LogP contribution in [-0.2, 0) is 16.1 Å². The summed E-state index contributed by atoms with van der Waals surface area (Å²) in [7, 11) is 0. The van der Waals surface area contributed by atoms with Gasteiger partial charge in [0, 0.05) is 0 Å². The molecule has 0 unspecified atom stereocenters. The molecular weight excluding hydrogens is 280 g/mol. The fourth-order valence-electron chi connectivity index (χ4n) is 2.57. The Balaban J connectivity index is 1.63. The standard InChI is InChI=1S/C18H22O4/c19-17(16-10-5-2-6-11-16)12-7-13-21-18(20)22-14-15-8-3-1-4-9-15/h1,3-4,8-9,16-17,19H,2,5-6,10-11,13-14H2/t17-/m1/s1. The molecule has 1 N–H and O–H groups in total. The number of hydrogen-bond acceptors (Lipinski definition) is 4. The van der Waals surface area contributed by atoms with Crippen LogP contribution in [-0.4, -0.2) is 24.0 Å². The Morgan fingerprint density at radius 1 is 1.18 bits per heavy atom. The zero-order chi connectivity index (χ0) is 15.6. The van der Waals surface area contributed by atoms with Crippen molar-refractivity contribution in [1.82, 2.24) is 0 Å². The highest BCUT2D eigenvalue weighted by Crippen LogP contribution is 2.26. The van der Waals surface area contributed by atoms with Gasteiger partial charge in [-0.2, -0.15) is 0 Å². The summed E-state index contributed by atoms with van der Waals surface area (Å²) in [6.07, 6.45) is 4.24. The number of carbonyl (C=O) groups excluding carboxylic acids is 1. The molecule has 2 rings (SSSR count). The second-order valence-corrected chi connectivity index (χ2v) is 5.48. The van der Waals surface area contributed by atoms with E-state index in [1.807, 2.05) is 30.3 Å². The normalized spacial score (nSPS) is 16.2. The molecule has 0 saturated heterocycles. The molecule has 118 valence electrons. The Bertz CT molecular complexity index is 509. The third-order valence-corrected chi connectivity index (χ3v) is 3.81. The second-order valence-electron chi connectivity index (χ2n) is 5.48. The second kappa shape index (κ2) is 9.11. The third-order valence-electron chi connectivity index (χ3n) is 3.81. The molecule has 1 aliphatic carbocycles. The van der Waals surface area contributed by atoms with E-state index in [1.165, 1.54) is 6.42 Å². The van der Waals surface area contributed by atoms with Crippen molar-refractivity contribution >= 4 is 6.16 Å². The lowest BCUT2D eigenvalue weighted by atomic mass is 9.85. The summed E-state index contributed by atoms with van der Waals surface area (Å²) >= 11 is 0. The van der Waals surface area contributed by atoms with Crippen LogP contribution >= 0.6 is 0 Å². The van der Waals surface area contributed by atoms with Crippen molar-refractivity contribution in [3.8, 4) is 11.8 Å². The first-order valence-corrected chi connectivity index (χ1v) is 7.75. The minimum absolute atomic E-state index is 0.0581. The molecule has 0 aromatic heterocycles. The number of rotatable bonds is 4. The minimum Gasteiger partial charge on any atom is -0.429 e. The van der Waals surface area contributed by atoms with Crippen LogP contribution in [0, 0.1) is 17.8 Å². The largest absolute Gasteiger partial charge is 0.509 e. The number of carbonyl (C=O) groups is 1. The van der Waals surface area contributed by atoms with E-state index in [0.717, 1.165) is 31.2 Å². The van der Waals surface area contributed by atoms with E-state index in [1.54, 1.807) is 0 Å². The van der Waals surface area contributed by atoms with Crippen LogP contribution in [0.3, 0.4) is 0 Å². The molecule has 0 spiro atoms. The van der Waals surface area contributed by atoms with Gasteiger partial charge in [-0.3, -0.25) is 0 Å². The quantitative estimate of drug-likeness (QED) is 0.685. The number of hydrogen-bond donors (Lipinski definition) is 1. The fraction of sp³-hybridized carbons (Fsp3) is 0.500. The maximum Gasteiger partial charge on any atom is 0.509 e. The smallest absolute Gasteiger partial charge is 0.429 e. The average molecular weight is 302 g/mol. The van der Waals surface area contributed by atoms with Gasteiger partial charge in [-0.25, -0.2) is 4.79 Å². The zero-order valence-electron chi connectivity index (χ0n) is 12.7. The lowest BCUT2D eigenvalue weighted by Crippen LogP contribution is -2.21. The Hall–Kier alpha value is -1.99. The number of benzene rings is 1. The predicted octanol–water partition coefficient (Wildman–Crippen LogP) is 3.28. The summed E-state index contributed by atoms with van der Waals surface area (Å²) in [5.74, 6) is 5.70. The first-order valence-electron chi connectivity index (χ1n) is 7.75. The summed E-state index contributed by atoms with van der Waals surface area (Å²) in [4.78, 5) is 11.4. The first-order chi connectivity index (χ1) is 10.8. The number of aliphatic hydroxyl groups is 1. The van der Waals surface area contributed by atoms with Crippen LogP contribution in [0.4, 0.5) is 4.79 Å². The van der Waals surface area contributed by atoms with Crippen molar-refractivity contribution in [2.75, 3.05) is 6.61 Å². The molecule has 4 heteroatoms. The van der Waals surface area contributed by atoms with E-state index < -0.39 is 12.3 Å². The van der Waals surface area contributed by atoms with Crippen molar-refractivity contribution in [2.24, 2.45) is 5.92 Å². The van der Waals surface area contributed by atoms with Crippen LogP contribution in [0.5, 0.6) is 0 Å². The van der Waals surface area contributed by atoms with Crippen LogP contribution in [0.25, 0.3) is 0 Å². The van der Waals surface area contributed by atoms with E-state index in [2.05, 4.69) is 11.8 Å². The van der Waals surface area contributed by atoms with Gasteiger partial charge in [0.15, 0.2) is 6.61 Å². The Kier molecular flexibility index (Phi) is 6.79. The SMILES string of the molecule is O=C(OCC#C[C@@H](O)C1CCCCC1)OCc1ccccc1. The molecule has 4 nitrogen and oxygen atoms in total. The van der Waals surface area contributed by atoms with Crippen molar-refractivity contribution in [3.63, 3.8) is 0 Å². The van der Waals surface area contributed by atoms with E-state index in [4.69, 9.17) is 9.47 Å². The van der Waals surface area contributed by atoms with Gasteiger partial charge in [-0.05, 0) is 24.3 Å². The molecule has 1 aromatic rings. The zero-order valence-corrected chi connectivity index (χ0v) is 12.7. The van der Waals surface area contributed by atoms with Gasteiger partial charge in [-0.15, -0.1) is 0 Å². The fourth-order valence-corrected chi connectivity index (χ4v) is 2.57. The lowest BCUT2D eigenvalue weighted by Gasteiger charge is -2.23. The van der Waals surface area contributed by atoms with Gasteiger partial charge in [0.05, 0.1) is 0 Å². The Morgan fingerprint density at radius 2 is 1.91 bits per heavy atom. The molecule has 1 atom stereocenters. The van der Waals surface area contributed by atoms with Crippen LogP contribution in [0.15, 0.2) is 30.3 Å². The van der Waals surface area contributed by atoms with Crippen LogP contribution in [0.1, 0.15) is 37.7 Å². The van der Waals surface area contributed by atoms with Gasteiger partial charge < -0.3 is 14.6 Å². The Morgan fingerprint density at radius 3 is 2.64 bits per heavy atom. The van der Waals surface area contributed by atoms with E-state index >= 15 is 0 Å². The van der Waals surface area contributed by atoms with Gasteiger partial charge in [0.1, 0.15) is 12.7 Å². The molecule has 0 heterocycles. The molecular formula is C18H22O4. The Labute approximate surface area is 131 Å². The average Bonchev–Trinajstić information content (AvgIpc) is 2.58. The third kappa shape index (κ3) is 5.79. The van der Waals surface area contributed by atoms with Crippen molar-refractivity contribution in [3.05, 3.63) is 35.9 Å². The van der Waals surface area contributed by atoms with Gasteiger partial charge in [0.25, 0.3) is 0 Å². The van der Waals surface area contributed by atoms with Crippen molar-refractivity contribution < 1.29 is 19.4 Å². The maximum atomic E-state index is 11.4. The number of aliphatic hydroxyl groups excluding tert-OH is 1. The predicted molar refractivity (Wildman–Crippen MR) is 82.9 cm³/mol. The van der Waals surface area contributed by atoms with E-state index in [-0.39, 0.29) is 19.1 Å². The molecule has 1 fully saturated rings. The molecule has 0 bridgehead atoms. The number of ether oxygens (including phenoxy) is 2. The van der Waals surface area contributed by atoms with Gasteiger partial charge in [0.2, 0.25) is 0 Å². The highest BCUT2D eigenvalue weighted by atomic mass is 16.7. The van der Waals surface area contributed by atoms with Crippen molar-refractivity contribution in [2.45, 2.75) is 44.8 Å². The van der Waals surface area contributed by atoms with Gasteiger partial charge in [-0.1, -0.05) is 61.4 Å². The van der Waals surface area contributed by atoms with Gasteiger partial charge >= 0.3 is 6.16 Å². The molecule has 1 aliphatic rings. The van der Waals surface area contributed by atoms with Crippen molar-refractivity contribution in [1.29, 1.82) is 0 Å². The summed E-state index contributed by atoms with van der Waals surface area (Å²) in [5, 5.41) is 9.95. The summed E-state index contributed by atoms with van der Waals surface area (Å²) in [6.45, 7) is 0.120. The van der Waals surface area contributed by atoms with Crippen LogP contribution in [0.2, 0.25) is 0 Å². The minimum atomic E-state index is -0.745. The lowest BCUT2D eigenvalue weighted by molar-refractivity contribution is 0.0587. The topological polar surface area (TPSA) is 55.8 Å². The molecule has 0 aliphatic heterocycles. The molecule has 1 aromatic carbocycles. The maximum absolute atomic E-state index is 11.4. The molecule has 0 radical (unpaired) electrons. The van der Waals surface area contributed by atoms with E-state index in [9.17, 15) is 9.90 Å². The molecule has 0 amide bonds. The highest BCUT2D eigenvalue weighted by Gasteiger charge is 2.19. The van der Waals surface area contributed by atoms with Crippen LogP contribution < -0.4 is 0 Å². The first kappa shape index (κ1) is 16.4.